The van der Waals surface area contributed by atoms with Crippen molar-refractivity contribution in [3.63, 3.8) is 0 Å². The Morgan fingerprint density at radius 3 is 2.76 bits per heavy atom. The van der Waals surface area contributed by atoms with Crippen molar-refractivity contribution >= 4 is 15.9 Å². The van der Waals surface area contributed by atoms with Crippen molar-refractivity contribution in [1.82, 2.24) is 5.32 Å². The van der Waals surface area contributed by atoms with Gasteiger partial charge < -0.3 is 10.1 Å². The van der Waals surface area contributed by atoms with E-state index < -0.39 is 0 Å². The highest BCUT2D eigenvalue weighted by Gasteiger charge is 2.10. The van der Waals surface area contributed by atoms with Crippen LogP contribution in [0.15, 0.2) is 22.7 Å². The fourth-order valence-electron chi connectivity index (χ4n) is 1.51. The Labute approximate surface area is 113 Å². The van der Waals surface area contributed by atoms with Gasteiger partial charge in [0.05, 0.1) is 10.6 Å². The molecule has 1 N–H and O–H groups in total. The summed E-state index contributed by atoms with van der Waals surface area (Å²) in [6.07, 6.45) is 2.41. The quantitative estimate of drug-likeness (QED) is 0.765. The van der Waals surface area contributed by atoms with Crippen molar-refractivity contribution in [3.8, 4) is 5.75 Å². The molecule has 0 aliphatic carbocycles. The molecule has 0 aliphatic heterocycles. The molecular weight excluding hydrogens is 278 g/mol. The molecule has 0 aliphatic rings. The molecule has 0 saturated heterocycles. The second-order valence-electron chi connectivity index (χ2n) is 4.24. The van der Waals surface area contributed by atoms with Crippen LogP contribution >= 0.6 is 15.9 Å². The zero-order valence-electron chi connectivity index (χ0n) is 10.9. The van der Waals surface area contributed by atoms with E-state index in [0.717, 1.165) is 36.2 Å². The predicted octanol–water partition coefficient (Wildman–Crippen LogP) is 4.13. The molecule has 1 atom stereocenters. The molecule has 96 valence electrons. The Kier molecular flexibility index (Phi) is 6.60. The van der Waals surface area contributed by atoms with Crippen LogP contribution in [0.25, 0.3) is 0 Å². The van der Waals surface area contributed by atoms with Gasteiger partial charge in [0.25, 0.3) is 0 Å². The van der Waals surface area contributed by atoms with E-state index >= 15 is 0 Å². The summed E-state index contributed by atoms with van der Waals surface area (Å²) in [4.78, 5) is 0. The van der Waals surface area contributed by atoms with Crippen LogP contribution in [0.5, 0.6) is 5.75 Å². The number of nitrogens with one attached hydrogen (secondary N) is 1. The summed E-state index contributed by atoms with van der Waals surface area (Å²) >= 11 is 3.56. The number of ether oxygens (including phenoxy) is 1. The monoisotopic (exact) mass is 299 g/mol. The van der Waals surface area contributed by atoms with E-state index in [4.69, 9.17) is 4.74 Å². The van der Waals surface area contributed by atoms with Crippen LogP contribution in [-0.2, 0) is 6.54 Å². The zero-order chi connectivity index (χ0) is 12.7. The molecule has 0 amide bonds. The molecule has 1 aromatic rings. The van der Waals surface area contributed by atoms with Crippen molar-refractivity contribution < 1.29 is 4.74 Å². The number of hydrogen-bond acceptors (Lipinski definition) is 2. The summed E-state index contributed by atoms with van der Waals surface area (Å²) in [5, 5.41) is 3.41. The minimum absolute atomic E-state index is 0.249. The van der Waals surface area contributed by atoms with E-state index in [2.05, 4.69) is 54.2 Å². The summed E-state index contributed by atoms with van der Waals surface area (Å²) in [5.41, 5.74) is 1.22. The molecule has 1 unspecified atom stereocenters. The highest BCUT2D eigenvalue weighted by atomic mass is 79.9. The van der Waals surface area contributed by atoms with Gasteiger partial charge >= 0.3 is 0 Å². The van der Waals surface area contributed by atoms with Gasteiger partial charge in [0.15, 0.2) is 0 Å². The number of para-hydroxylation sites is 1. The van der Waals surface area contributed by atoms with Crippen molar-refractivity contribution in [2.75, 3.05) is 6.54 Å². The lowest BCUT2D eigenvalue weighted by Gasteiger charge is -2.18. The van der Waals surface area contributed by atoms with E-state index in [1.165, 1.54) is 5.56 Å². The van der Waals surface area contributed by atoms with Crippen LogP contribution in [-0.4, -0.2) is 12.6 Å². The second kappa shape index (κ2) is 7.72. The highest BCUT2D eigenvalue weighted by Crippen LogP contribution is 2.30. The maximum Gasteiger partial charge on any atom is 0.138 e. The number of halogens is 1. The van der Waals surface area contributed by atoms with Gasteiger partial charge in [0.2, 0.25) is 0 Å². The van der Waals surface area contributed by atoms with E-state index in [-0.39, 0.29) is 6.10 Å². The van der Waals surface area contributed by atoms with E-state index in [9.17, 15) is 0 Å². The molecule has 0 saturated carbocycles. The Morgan fingerprint density at radius 2 is 2.12 bits per heavy atom. The van der Waals surface area contributed by atoms with Crippen LogP contribution < -0.4 is 10.1 Å². The lowest BCUT2D eigenvalue weighted by atomic mass is 10.2. The molecule has 0 bridgehead atoms. The SMILES string of the molecule is CCCNCc1cccc(Br)c1OC(C)CC. The normalized spacial score (nSPS) is 12.5. The van der Waals surface area contributed by atoms with Gasteiger partial charge in [0, 0.05) is 12.1 Å². The van der Waals surface area contributed by atoms with Crippen molar-refractivity contribution in [1.29, 1.82) is 0 Å². The minimum Gasteiger partial charge on any atom is -0.489 e. The molecule has 0 aromatic heterocycles. The molecule has 0 spiro atoms. The van der Waals surface area contributed by atoms with Gasteiger partial charge in [-0.15, -0.1) is 0 Å². The van der Waals surface area contributed by atoms with Crippen LogP contribution in [0.4, 0.5) is 0 Å². The standard InChI is InChI=1S/C14H22BrNO/c1-4-9-16-10-12-7-6-8-13(15)14(12)17-11(3)5-2/h6-8,11,16H,4-5,9-10H2,1-3H3. The molecule has 1 rings (SSSR count). The average Bonchev–Trinajstić information content (AvgIpc) is 2.33. The molecular formula is C14H22BrNO. The number of benzene rings is 1. The first-order valence-electron chi connectivity index (χ1n) is 6.33. The lowest BCUT2D eigenvalue weighted by Crippen LogP contribution is -2.17. The third-order valence-corrected chi connectivity index (χ3v) is 3.31. The first-order chi connectivity index (χ1) is 8.19. The van der Waals surface area contributed by atoms with Gasteiger partial charge in [-0.2, -0.15) is 0 Å². The second-order valence-corrected chi connectivity index (χ2v) is 5.10. The maximum atomic E-state index is 5.97. The van der Waals surface area contributed by atoms with Crippen LogP contribution in [0.1, 0.15) is 39.2 Å². The predicted molar refractivity (Wildman–Crippen MR) is 76.5 cm³/mol. The summed E-state index contributed by atoms with van der Waals surface area (Å²) in [6.45, 7) is 8.30. The van der Waals surface area contributed by atoms with Gasteiger partial charge in [0.1, 0.15) is 5.75 Å². The largest absolute Gasteiger partial charge is 0.489 e. The topological polar surface area (TPSA) is 21.3 Å². The van der Waals surface area contributed by atoms with Gasteiger partial charge in [-0.1, -0.05) is 26.0 Å². The van der Waals surface area contributed by atoms with E-state index in [1.54, 1.807) is 0 Å². The molecule has 0 heterocycles. The minimum atomic E-state index is 0.249. The summed E-state index contributed by atoms with van der Waals surface area (Å²) in [7, 11) is 0. The van der Waals surface area contributed by atoms with Crippen LogP contribution in [0.3, 0.4) is 0 Å². The number of hydrogen-bond donors (Lipinski definition) is 1. The number of rotatable bonds is 7. The average molecular weight is 300 g/mol. The molecule has 0 radical (unpaired) electrons. The fraction of sp³-hybridized carbons (Fsp3) is 0.571. The summed E-state index contributed by atoms with van der Waals surface area (Å²) in [5.74, 6) is 0.977. The molecule has 0 fully saturated rings. The zero-order valence-corrected chi connectivity index (χ0v) is 12.5. The molecule has 1 aromatic carbocycles. The van der Waals surface area contributed by atoms with Crippen molar-refractivity contribution in [2.24, 2.45) is 0 Å². The Balaban J connectivity index is 2.76. The highest BCUT2D eigenvalue weighted by molar-refractivity contribution is 9.10. The van der Waals surface area contributed by atoms with Crippen LogP contribution in [0, 0.1) is 0 Å². The van der Waals surface area contributed by atoms with Crippen LogP contribution in [0.2, 0.25) is 0 Å². The summed E-state index contributed by atoms with van der Waals surface area (Å²) in [6, 6.07) is 6.20. The summed E-state index contributed by atoms with van der Waals surface area (Å²) < 4.78 is 7.00. The first-order valence-corrected chi connectivity index (χ1v) is 7.13. The molecule has 3 heteroatoms. The fourth-order valence-corrected chi connectivity index (χ4v) is 2.01. The molecule has 17 heavy (non-hydrogen) atoms. The van der Waals surface area contributed by atoms with Gasteiger partial charge in [-0.25, -0.2) is 0 Å². The third kappa shape index (κ3) is 4.68. The lowest BCUT2D eigenvalue weighted by molar-refractivity contribution is 0.213. The Hall–Kier alpha value is -0.540. The van der Waals surface area contributed by atoms with E-state index in [1.807, 2.05) is 6.07 Å². The smallest absolute Gasteiger partial charge is 0.138 e. The molecule has 2 nitrogen and oxygen atoms in total. The third-order valence-electron chi connectivity index (χ3n) is 2.68. The maximum absolute atomic E-state index is 5.97. The van der Waals surface area contributed by atoms with Crippen molar-refractivity contribution in [2.45, 2.75) is 46.3 Å². The van der Waals surface area contributed by atoms with Gasteiger partial charge in [-0.3, -0.25) is 0 Å². The van der Waals surface area contributed by atoms with Crippen molar-refractivity contribution in [3.05, 3.63) is 28.2 Å². The van der Waals surface area contributed by atoms with E-state index in [0.29, 0.717) is 0 Å². The Morgan fingerprint density at radius 1 is 1.35 bits per heavy atom. The van der Waals surface area contributed by atoms with Gasteiger partial charge in [-0.05, 0) is 48.3 Å². The first kappa shape index (κ1) is 14.5. The Bertz CT molecular complexity index is 341.